The number of nitrogens with one attached hydrogen (secondary N) is 1. The molecule has 0 unspecified atom stereocenters. The fourth-order valence-electron chi connectivity index (χ4n) is 1.81. The van der Waals surface area contributed by atoms with Crippen LogP contribution in [0.15, 0.2) is 18.2 Å². The van der Waals surface area contributed by atoms with E-state index in [2.05, 4.69) is 27.1 Å². The molecule has 0 fully saturated rings. The first-order valence-corrected chi connectivity index (χ1v) is 7.83. The zero-order valence-corrected chi connectivity index (χ0v) is 13.6. The van der Waals surface area contributed by atoms with E-state index in [0.29, 0.717) is 5.95 Å². The predicted molar refractivity (Wildman–Crippen MR) is 87.0 cm³/mol. The van der Waals surface area contributed by atoms with Gasteiger partial charge in [-0.05, 0) is 25.5 Å². The molecule has 20 heavy (non-hydrogen) atoms. The van der Waals surface area contributed by atoms with E-state index in [1.165, 1.54) is 4.88 Å². The second-order valence-corrected chi connectivity index (χ2v) is 6.48. The van der Waals surface area contributed by atoms with E-state index in [1.54, 1.807) is 11.3 Å². The Hall–Kier alpha value is -1.33. The number of aromatic nitrogens is 2. The maximum Gasteiger partial charge on any atom is 0.224 e. The molecule has 0 aliphatic rings. The molecule has 0 amide bonds. The van der Waals surface area contributed by atoms with Crippen molar-refractivity contribution in [1.82, 2.24) is 9.97 Å². The van der Waals surface area contributed by atoms with Crippen LogP contribution in [0, 0.1) is 6.92 Å². The SMILES string of the molecule is CCCNc1nc(C)cc(N(C)Cc2ccc(Cl)s2)n1. The molecule has 2 heterocycles. The minimum atomic E-state index is 0.693. The maximum atomic E-state index is 5.96. The molecule has 6 heteroatoms. The minimum Gasteiger partial charge on any atom is -0.354 e. The van der Waals surface area contributed by atoms with Crippen LogP contribution in [0.2, 0.25) is 4.34 Å². The molecule has 2 aromatic heterocycles. The van der Waals surface area contributed by atoms with Crippen LogP contribution < -0.4 is 10.2 Å². The zero-order valence-electron chi connectivity index (χ0n) is 12.0. The molecule has 0 bridgehead atoms. The molecule has 0 radical (unpaired) electrons. The Labute approximate surface area is 128 Å². The van der Waals surface area contributed by atoms with Gasteiger partial charge in [0.05, 0.1) is 10.9 Å². The monoisotopic (exact) mass is 310 g/mol. The summed E-state index contributed by atoms with van der Waals surface area (Å²) in [6.07, 6.45) is 1.05. The quantitative estimate of drug-likeness (QED) is 0.877. The topological polar surface area (TPSA) is 41.1 Å². The van der Waals surface area contributed by atoms with Gasteiger partial charge in [0.1, 0.15) is 5.82 Å². The molecule has 2 rings (SSSR count). The van der Waals surface area contributed by atoms with Crippen LogP contribution in [0.1, 0.15) is 23.9 Å². The van der Waals surface area contributed by atoms with E-state index >= 15 is 0 Å². The summed E-state index contributed by atoms with van der Waals surface area (Å²) in [7, 11) is 2.03. The fourth-order valence-corrected chi connectivity index (χ4v) is 2.96. The standard InChI is InChI=1S/C14H19ClN4S/c1-4-7-16-14-17-10(2)8-13(18-14)19(3)9-11-5-6-12(15)20-11/h5-6,8H,4,7,9H2,1-3H3,(H,16,17,18). The maximum absolute atomic E-state index is 5.96. The first-order chi connectivity index (χ1) is 9.58. The largest absolute Gasteiger partial charge is 0.354 e. The van der Waals surface area contributed by atoms with E-state index < -0.39 is 0 Å². The smallest absolute Gasteiger partial charge is 0.224 e. The third-order valence-electron chi connectivity index (χ3n) is 2.79. The lowest BCUT2D eigenvalue weighted by Gasteiger charge is -2.18. The number of hydrogen-bond acceptors (Lipinski definition) is 5. The highest BCUT2D eigenvalue weighted by Gasteiger charge is 2.08. The minimum absolute atomic E-state index is 0.693. The highest BCUT2D eigenvalue weighted by atomic mass is 35.5. The van der Waals surface area contributed by atoms with Gasteiger partial charge in [-0.15, -0.1) is 11.3 Å². The lowest BCUT2D eigenvalue weighted by Crippen LogP contribution is -2.18. The first-order valence-electron chi connectivity index (χ1n) is 6.63. The summed E-state index contributed by atoms with van der Waals surface area (Å²) >= 11 is 7.56. The van der Waals surface area contributed by atoms with E-state index in [-0.39, 0.29) is 0 Å². The van der Waals surface area contributed by atoms with Gasteiger partial charge in [-0.2, -0.15) is 4.98 Å². The normalized spacial score (nSPS) is 10.6. The van der Waals surface area contributed by atoms with Gasteiger partial charge in [-0.1, -0.05) is 18.5 Å². The van der Waals surface area contributed by atoms with Crippen molar-refractivity contribution < 1.29 is 0 Å². The summed E-state index contributed by atoms with van der Waals surface area (Å²) in [6.45, 7) is 5.78. The molecule has 0 spiro atoms. The number of hydrogen-bond donors (Lipinski definition) is 1. The molecule has 0 saturated carbocycles. The summed E-state index contributed by atoms with van der Waals surface area (Å²) in [5.74, 6) is 1.61. The van der Waals surface area contributed by atoms with Crippen molar-refractivity contribution in [2.75, 3.05) is 23.8 Å². The molecule has 0 aromatic carbocycles. The van der Waals surface area contributed by atoms with Crippen LogP contribution in [-0.4, -0.2) is 23.6 Å². The van der Waals surface area contributed by atoms with Crippen LogP contribution >= 0.6 is 22.9 Å². The summed E-state index contributed by atoms with van der Waals surface area (Å²) in [6, 6.07) is 5.97. The van der Waals surface area contributed by atoms with Gasteiger partial charge in [0.2, 0.25) is 5.95 Å². The fraction of sp³-hybridized carbons (Fsp3) is 0.429. The van der Waals surface area contributed by atoms with Crippen molar-refractivity contribution in [1.29, 1.82) is 0 Å². The number of halogens is 1. The van der Waals surface area contributed by atoms with Crippen LogP contribution in [0.4, 0.5) is 11.8 Å². The molecule has 0 atom stereocenters. The Morgan fingerprint density at radius 1 is 1.35 bits per heavy atom. The highest BCUT2D eigenvalue weighted by molar-refractivity contribution is 7.16. The van der Waals surface area contributed by atoms with E-state index in [0.717, 1.165) is 35.4 Å². The molecule has 0 saturated heterocycles. The Bertz CT molecular complexity index is 570. The van der Waals surface area contributed by atoms with E-state index in [1.807, 2.05) is 32.2 Å². The van der Waals surface area contributed by atoms with Gasteiger partial charge < -0.3 is 10.2 Å². The van der Waals surface area contributed by atoms with Crippen LogP contribution in [-0.2, 0) is 6.54 Å². The van der Waals surface area contributed by atoms with Crippen molar-refractivity contribution in [2.24, 2.45) is 0 Å². The second kappa shape index (κ2) is 6.90. The lowest BCUT2D eigenvalue weighted by molar-refractivity contribution is 0.889. The Kier molecular flexibility index (Phi) is 5.20. The van der Waals surface area contributed by atoms with Crippen LogP contribution in [0.5, 0.6) is 0 Å². The number of rotatable bonds is 6. The Morgan fingerprint density at radius 2 is 2.15 bits per heavy atom. The number of anilines is 2. The van der Waals surface area contributed by atoms with E-state index in [4.69, 9.17) is 11.6 Å². The average Bonchev–Trinajstić information content (AvgIpc) is 2.81. The first kappa shape index (κ1) is 15.1. The number of thiophene rings is 1. The third kappa shape index (κ3) is 4.08. The van der Waals surface area contributed by atoms with Gasteiger partial charge in [0.25, 0.3) is 0 Å². The molecule has 1 N–H and O–H groups in total. The third-order valence-corrected chi connectivity index (χ3v) is 4.00. The predicted octanol–water partition coefficient (Wildman–Crippen LogP) is 3.96. The summed E-state index contributed by atoms with van der Waals surface area (Å²) in [5, 5.41) is 3.23. The Morgan fingerprint density at radius 3 is 2.80 bits per heavy atom. The van der Waals surface area contributed by atoms with Crippen molar-refractivity contribution >= 4 is 34.7 Å². The highest BCUT2D eigenvalue weighted by Crippen LogP contribution is 2.24. The molecule has 4 nitrogen and oxygen atoms in total. The molecule has 0 aliphatic heterocycles. The van der Waals surface area contributed by atoms with Crippen molar-refractivity contribution in [3.8, 4) is 0 Å². The van der Waals surface area contributed by atoms with Gasteiger partial charge >= 0.3 is 0 Å². The van der Waals surface area contributed by atoms with Crippen LogP contribution in [0.3, 0.4) is 0 Å². The molecular formula is C14H19ClN4S. The number of aryl methyl sites for hydroxylation is 1. The van der Waals surface area contributed by atoms with Crippen molar-refractivity contribution in [2.45, 2.75) is 26.8 Å². The second-order valence-electron chi connectivity index (χ2n) is 4.68. The van der Waals surface area contributed by atoms with Gasteiger partial charge in [-0.25, -0.2) is 4.98 Å². The summed E-state index contributed by atoms with van der Waals surface area (Å²) < 4.78 is 0.817. The molecule has 108 valence electrons. The average molecular weight is 311 g/mol. The van der Waals surface area contributed by atoms with Gasteiger partial charge in [0.15, 0.2) is 0 Å². The lowest BCUT2D eigenvalue weighted by atomic mass is 10.3. The number of nitrogens with zero attached hydrogens (tertiary/aromatic N) is 3. The molecular weight excluding hydrogens is 292 g/mol. The summed E-state index contributed by atoms with van der Waals surface area (Å²) in [4.78, 5) is 12.3. The van der Waals surface area contributed by atoms with Gasteiger partial charge in [0, 0.05) is 30.2 Å². The van der Waals surface area contributed by atoms with Gasteiger partial charge in [-0.3, -0.25) is 0 Å². The Balaban J connectivity index is 2.12. The van der Waals surface area contributed by atoms with Crippen LogP contribution in [0.25, 0.3) is 0 Å². The summed E-state index contributed by atoms with van der Waals surface area (Å²) in [5.41, 5.74) is 0.963. The van der Waals surface area contributed by atoms with E-state index in [9.17, 15) is 0 Å². The van der Waals surface area contributed by atoms with Crippen molar-refractivity contribution in [3.05, 3.63) is 33.1 Å². The van der Waals surface area contributed by atoms with Crippen molar-refractivity contribution in [3.63, 3.8) is 0 Å². The molecule has 2 aromatic rings. The zero-order chi connectivity index (χ0) is 14.5. The molecule has 0 aliphatic carbocycles.